The van der Waals surface area contributed by atoms with Gasteiger partial charge in [0.15, 0.2) is 0 Å². The third-order valence-corrected chi connectivity index (χ3v) is 2.94. The molecule has 0 aliphatic heterocycles. The van der Waals surface area contributed by atoms with Crippen molar-refractivity contribution in [2.45, 2.75) is 52.4 Å². The van der Waals surface area contributed by atoms with Crippen LogP contribution in [0.25, 0.3) is 0 Å². The average molecular weight is 230 g/mol. The van der Waals surface area contributed by atoms with Crippen LogP contribution >= 0.6 is 0 Å². The number of unbranched alkanes of at least 4 members (excludes halogenated alkanes) is 2. The van der Waals surface area contributed by atoms with E-state index in [1.807, 2.05) is 6.07 Å². The highest BCUT2D eigenvalue weighted by Gasteiger charge is 2.03. The van der Waals surface area contributed by atoms with Crippen molar-refractivity contribution >= 4 is 11.7 Å². The van der Waals surface area contributed by atoms with Crippen LogP contribution in [0.4, 0.5) is 5.69 Å². The number of hydrogen-bond acceptors (Lipinski definition) is 2. The number of rotatable bonds is 7. The normalized spacial score (nSPS) is 10.0. The molecular formula is C15H22N2. The van der Waals surface area contributed by atoms with Gasteiger partial charge < -0.3 is 0 Å². The summed E-state index contributed by atoms with van der Waals surface area (Å²) in [5.74, 6) is 0. The Morgan fingerprint density at radius 3 is 2.47 bits per heavy atom. The van der Waals surface area contributed by atoms with Gasteiger partial charge >= 0.3 is 0 Å². The number of hydrogen-bond donors (Lipinski definition) is 1. The van der Waals surface area contributed by atoms with Crippen LogP contribution in [0.5, 0.6) is 0 Å². The number of nitrogens with one attached hydrogen (secondary N) is 1. The summed E-state index contributed by atoms with van der Waals surface area (Å²) in [4.78, 5) is 4.00. The minimum atomic E-state index is 0.911. The molecule has 0 fully saturated rings. The second kappa shape index (κ2) is 7.81. The van der Waals surface area contributed by atoms with Crippen molar-refractivity contribution in [1.82, 2.24) is 0 Å². The van der Waals surface area contributed by atoms with E-state index in [2.05, 4.69) is 37.0 Å². The molecule has 1 aromatic rings. The molecule has 1 rings (SSSR count). The van der Waals surface area contributed by atoms with Crippen molar-refractivity contribution in [1.29, 1.82) is 5.41 Å². The first-order valence-corrected chi connectivity index (χ1v) is 6.56. The van der Waals surface area contributed by atoms with Crippen molar-refractivity contribution < 1.29 is 0 Å². The van der Waals surface area contributed by atoms with Crippen molar-refractivity contribution in [3.8, 4) is 0 Å². The maximum atomic E-state index is 6.96. The van der Waals surface area contributed by atoms with Crippen LogP contribution in [-0.4, -0.2) is 6.01 Å². The van der Waals surface area contributed by atoms with Crippen LogP contribution in [-0.2, 0) is 12.8 Å². The third kappa shape index (κ3) is 4.54. The van der Waals surface area contributed by atoms with Crippen molar-refractivity contribution in [3.05, 3.63) is 29.3 Å². The quantitative estimate of drug-likeness (QED) is 0.656. The zero-order chi connectivity index (χ0) is 12.5. The molecule has 0 atom stereocenters. The lowest BCUT2D eigenvalue weighted by molar-refractivity contribution is 0.781. The fourth-order valence-corrected chi connectivity index (χ4v) is 1.91. The monoisotopic (exact) mass is 230 g/mol. The van der Waals surface area contributed by atoms with Crippen LogP contribution in [0, 0.1) is 5.41 Å². The summed E-state index contributed by atoms with van der Waals surface area (Å²) in [5, 5.41) is 6.96. The molecule has 0 saturated carbocycles. The molecule has 17 heavy (non-hydrogen) atoms. The molecule has 1 aromatic carbocycles. The Hall–Kier alpha value is -1.40. The molecule has 0 aromatic heterocycles. The number of benzene rings is 1. The Morgan fingerprint density at radius 2 is 1.82 bits per heavy atom. The van der Waals surface area contributed by atoms with E-state index < -0.39 is 0 Å². The Morgan fingerprint density at radius 1 is 1.12 bits per heavy atom. The molecule has 0 heterocycles. The van der Waals surface area contributed by atoms with E-state index in [0.717, 1.165) is 18.5 Å². The summed E-state index contributed by atoms with van der Waals surface area (Å²) < 4.78 is 0. The van der Waals surface area contributed by atoms with Crippen molar-refractivity contribution in [2.24, 2.45) is 4.99 Å². The van der Waals surface area contributed by atoms with Gasteiger partial charge in [-0.25, -0.2) is 5.41 Å². The first kappa shape index (κ1) is 13.7. The molecule has 0 unspecified atom stereocenters. The minimum absolute atomic E-state index is 0.911. The highest BCUT2D eigenvalue weighted by molar-refractivity contribution is 5.55. The Kier molecular flexibility index (Phi) is 6.27. The van der Waals surface area contributed by atoms with Gasteiger partial charge in [-0.1, -0.05) is 38.8 Å². The van der Waals surface area contributed by atoms with E-state index in [-0.39, 0.29) is 0 Å². The summed E-state index contributed by atoms with van der Waals surface area (Å²) in [7, 11) is 0. The van der Waals surface area contributed by atoms with Crippen LogP contribution in [0.2, 0.25) is 0 Å². The molecule has 0 bridgehead atoms. The van der Waals surface area contributed by atoms with Gasteiger partial charge in [0.25, 0.3) is 0 Å². The van der Waals surface area contributed by atoms with Gasteiger partial charge in [0.1, 0.15) is 0 Å². The fourth-order valence-electron chi connectivity index (χ4n) is 1.91. The van der Waals surface area contributed by atoms with E-state index in [1.54, 1.807) is 0 Å². The largest absolute Gasteiger partial charge is 0.241 e. The second-order valence-electron chi connectivity index (χ2n) is 4.39. The van der Waals surface area contributed by atoms with Crippen LogP contribution in [0.3, 0.4) is 0 Å². The molecule has 0 aliphatic rings. The molecule has 1 N–H and O–H groups in total. The highest BCUT2D eigenvalue weighted by atomic mass is 14.7. The van der Waals surface area contributed by atoms with Crippen LogP contribution in [0.15, 0.2) is 23.2 Å². The van der Waals surface area contributed by atoms with Gasteiger partial charge in [-0.2, -0.15) is 4.99 Å². The van der Waals surface area contributed by atoms with E-state index >= 15 is 0 Å². The number of aliphatic imine (C=N–C) groups is 1. The maximum absolute atomic E-state index is 6.96. The second-order valence-corrected chi connectivity index (χ2v) is 4.39. The van der Waals surface area contributed by atoms with E-state index in [1.165, 1.54) is 36.8 Å². The van der Waals surface area contributed by atoms with Gasteiger partial charge in [-0.3, -0.25) is 0 Å². The molecule has 0 amide bonds. The van der Waals surface area contributed by atoms with E-state index in [4.69, 9.17) is 5.41 Å². The molecule has 0 radical (unpaired) electrons. The summed E-state index contributed by atoms with van der Waals surface area (Å²) in [6.45, 7) is 4.41. The van der Waals surface area contributed by atoms with Gasteiger partial charge in [-0.15, -0.1) is 0 Å². The lowest BCUT2D eigenvalue weighted by Gasteiger charge is -2.07. The van der Waals surface area contributed by atoms with Gasteiger partial charge in [0.2, 0.25) is 0 Å². The molecule has 2 heteroatoms. The summed E-state index contributed by atoms with van der Waals surface area (Å²) >= 11 is 0. The Bertz CT molecular complexity index is 390. The number of aryl methyl sites for hydroxylation is 2. The zero-order valence-corrected chi connectivity index (χ0v) is 10.9. The Balaban J connectivity index is 2.88. The lowest BCUT2D eigenvalue weighted by Crippen LogP contribution is -1.91. The summed E-state index contributed by atoms with van der Waals surface area (Å²) in [6.07, 6.45) is 7.02. The number of nitrogens with zero attached hydrogens (tertiary/aromatic N) is 1. The standard InChI is InChI=1S/C15H22N2/c1-3-5-7-13-9-10-15(17-12-16)14(11-13)8-6-4-2/h9-11,16H,3-8H2,1-2H3. The molecule has 0 aliphatic carbocycles. The topological polar surface area (TPSA) is 36.2 Å². The van der Waals surface area contributed by atoms with Crippen LogP contribution in [0.1, 0.15) is 50.7 Å². The van der Waals surface area contributed by atoms with Crippen molar-refractivity contribution in [2.75, 3.05) is 0 Å². The first-order chi connectivity index (χ1) is 8.31. The minimum Gasteiger partial charge on any atom is -0.241 e. The third-order valence-electron chi connectivity index (χ3n) is 2.94. The molecule has 0 saturated heterocycles. The highest BCUT2D eigenvalue weighted by Crippen LogP contribution is 2.23. The van der Waals surface area contributed by atoms with E-state index in [9.17, 15) is 0 Å². The van der Waals surface area contributed by atoms with Gasteiger partial charge in [0, 0.05) is 0 Å². The first-order valence-electron chi connectivity index (χ1n) is 6.56. The molecule has 2 nitrogen and oxygen atoms in total. The van der Waals surface area contributed by atoms with E-state index in [0.29, 0.717) is 0 Å². The predicted octanol–water partition coefficient (Wildman–Crippen LogP) is 4.76. The summed E-state index contributed by atoms with van der Waals surface area (Å²) in [5.41, 5.74) is 3.57. The average Bonchev–Trinajstić information content (AvgIpc) is 2.36. The zero-order valence-electron chi connectivity index (χ0n) is 10.9. The Labute approximate surface area is 104 Å². The predicted molar refractivity (Wildman–Crippen MR) is 73.5 cm³/mol. The smallest absolute Gasteiger partial charge is 0.0918 e. The fraction of sp³-hybridized carbons (Fsp3) is 0.533. The molecule has 92 valence electrons. The molecular weight excluding hydrogens is 208 g/mol. The lowest BCUT2D eigenvalue weighted by atomic mass is 10.0. The van der Waals surface area contributed by atoms with Gasteiger partial charge in [0.05, 0.1) is 11.7 Å². The van der Waals surface area contributed by atoms with Gasteiger partial charge in [-0.05, 0) is 42.9 Å². The van der Waals surface area contributed by atoms with Crippen molar-refractivity contribution in [3.63, 3.8) is 0 Å². The molecule has 0 spiro atoms. The summed E-state index contributed by atoms with van der Waals surface area (Å²) in [6, 6.07) is 8.54. The SMILES string of the molecule is CCCCc1ccc(N=C=N)c(CCCC)c1. The van der Waals surface area contributed by atoms with Crippen LogP contribution < -0.4 is 0 Å². The maximum Gasteiger partial charge on any atom is 0.0918 e.